The minimum Gasteiger partial charge on any atom is -0.344 e. The number of fused-ring (bicyclic) bond motifs is 1. The van der Waals surface area contributed by atoms with Gasteiger partial charge in [0.25, 0.3) is 0 Å². The monoisotopic (exact) mass is 425 g/mol. The first kappa shape index (κ1) is 17.2. The first-order valence-electron chi connectivity index (χ1n) is 8.30. The van der Waals surface area contributed by atoms with E-state index in [0.29, 0.717) is 24.5 Å². The third kappa shape index (κ3) is 3.13. The summed E-state index contributed by atoms with van der Waals surface area (Å²) in [6, 6.07) is 20.3. The summed E-state index contributed by atoms with van der Waals surface area (Å²) in [7, 11) is 0. The van der Waals surface area contributed by atoms with Crippen LogP contribution < -0.4 is 4.90 Å². The molecule has 4 nitrogen and oxygen atoms in total. The van der Waals surface area contributed by atoms with E-state index in [4.69, 9.17) is 0 Å². The smallest absolute Gasteiger partial charge is 0.229 e. The molecule has 0 aliphatic carbocycles. The molecule has 2 aliphatic heterocycles. The predicted molar refractivity (Wildman–Crippen MR) is 107 cm³/mol. The van der Waals surface area contributed by atoms with Gasteiger partial charge in [0, 0.05) is 22.5 Å². The van der Waals surface area contributed by atoms with Crippen molar-refractivity contribution in [1.29, 1.82) is 5.26 Å². The van der Waals surface area contributed by atoms with Gasteiger partial charge in [-0.3, -0.25) is 9.69 Å². The molecule has 0 aromatic heterocycles. The van der Waals surface area contributed by atoms with Crippen LogP contribution in [0.3, 0.4) is 0 Å². The Morgan fingerprint density at radius 2 is 1.85 bits per heavy atom. The molecule has 4 rings (SSSR count). The van der Waals surface area contributed by atoms with Gasteiger partial charge >= 0.3 is 0 Å². The molecule has 1 saturated heterocycles. The average Bonchev–Trinajstić information content (AvgIpc) is 2.69. The predicted octanol–water partition coefficient (Wildman–Crippen LogP) is 4.67. The van der Waals surface area contributed by atoms with Crippen molar-refractivity contribution in [2.24, 2.45) is 0 Å². The standard InChI is InChI=1S/C20H16BrN3OS/c21-15-6-8-16(9-7-15)23-12-24-19(25)10-17(14-4-2-1-3-5-14)18(11-22)20(24)26-13-23/h1-9,17H,10,12-13H2. The number of thioether (sulfide) groups is 1. The fourth-order valence-corrected chi connectivity index (χ4v) is 4.78. The van der Waals surface area contributed by atoms with E-state index in [1.807, 2.05) is 54.6 Å². The Hall–Kier alpha value is -2.23. The number of carbonyl (C=O) groups is 1. The van der Waals surface area contributed by atoms with Gasteiger partial charge in [0.1, 0.15) is 0 Å². The quantitative estimate of drug-likeness (QED) is 0.701. The molecule has 26 heavy (non-hydrogen) atoms. The fraction of sp³-hybridized carbons (Fsp3) is 0.200. The second-order valence-electron chi connectivity index (χ2n) is 6.25. The van der Waals surface area contributed by atoms with E-state index < -0.39 is 0 Å². The van der Waals surface area contributed by atoms with Gasteiger partial charge in [0.15, 0.2) is 0 Å². The molecule has 0 bridgehead atoms. The van der Waals surface area contributed by atoms with Crippen LogP contribution in [0.25, 0.3) is 0 Å². The summed E-state index contributed by atoms with van der Waals surface area (Å²) < 4.78 is 1.03. The lowest BCUT2D eigenvalue weighted by Crippen LogP contribution is -2.47. The van der Waals surface area contributed by atoms with E-state index in [0.717, 1.165) is 20.8 Å². The highest BCUT2D eigenvalue weighted by Crippen LogP contribution is 2.43. The zero-order valence-corrected chi connectivity index (χ0v) is 16.3. The highest BCUT2D eigenvalue weighted by atomic mass is 79.9. The molecular weight excluding hydrogens is 410 g/mol. The Morgan fingerprint density at radius 3 is 2.54 bits per heavy atom. The van der Waals surface area contributed by atoms with Crippen molar-refractivity contribution in [2.45, 2.75) is 12.3 Å². The zero-order valence-electron chi connectivity index (χ0n) is 13.9. The van der Waals surface area contributed by atoms with Crippen molar-refractivity contribution in [1.82, 2.24) is 4.90 Å². The molecule has 2 heterocycles. The molecule has 1 amide bonds. The lowest BCUT2D eigenvalue weighted by Gasteiger charge is -2.42. The maximum absolute atomic E-state index is 12.8. The Labute approximate surface area is 165 Å². The van der Waals surface area contributed by atoms with Crippen LogP contribution in [0.1, 0.15) is 17.9 Å². The number of amides is 1. The van der Waals surface area contributed by atoms with Crippen LogP contribution in [-0.4, -0.2) is 23.4 Å². The number of hydrogen-bond acceptors (Lipinski definition) is 4. The number of carbonyl (C=O) groups excluding carboxylic acids is 1. The van der Waals surface area contributed by atoms with Gasteiger partial charge in [-0.05, 0) is 29.8 Å². The van der Waals surface area contributed by atoms with Crippen molar-refractivity contribution in [3.8, 4) is 6.07 Å². The molecule has 2 aromatic carbocycles. The summed E-state index contributed by atoms with van der Waals surface area (Å²) in [5.41, 5.74) is 2.80. The molecule has 0 N–H and O–H groups in total. The van der Waals surface area contributed by atoms with E-state index in [2.05, 4.69) is 26.9 Å². The molecule has 1 fully saturated rings. The maximum Gasteiger partial charge on any atom is 0.229 e. The van der Waals surface area contributed by atoms with Crippen LogP contribution in [0.4, 0.5) is 5.69 Å². The van der Waals surface area contributed by atoms with Crippen LogP contribution in [0, 0.1) is 11.3 Å². The lowest BCUT2D eigenvalue weighted by molar-refractivity contribution is -0.129. The van der Waals surface area contributed by atoms with Crippen molar-refractivity contribution >= 4 is 39.3 Å². The third-order valence-electron chi connectivity index (χ3n) is 4.69. The Balaban J connectivity index is 1.66. The number of rotatable bonds is 2. The van der Waals surface area contributed by atoms with Gasteiger partial charge in [-0.1, -0.05) is 58.0 Å². The molecule has 2 aromatic rings. The SMILES string of the molecule is N#CC1=C2SCN(c3ccc(Br)cc3)CN2C(=O)CC1c1ccccc1. The minimum atomic E-state index is -0.147. The minimum absolute atomic E-state index is 0.0714. The van der Waals surface area contributed by atoms with E-state index in [1.165, 1.54) is 0 Å². The van der Waals surface area contributed by atoms with Gasteiger partial charge in [0.2, 0.25) is 5.91 Å². The van der Waals surface area contributed by atoms with Crippen molar-refractivity contribution in [2.75, 3.05) is 17.4 Å². The number of benzene rings is 2. The summed E-state index contributed by atoms with van der Waals surface area (Å²) in [4.78, 5) is 16.7. The zero-order chi connectivity index (χ0) is 18.1. The highest BCUT2D eigenvalue weighted by molar-refractivity contribution is 9.10. The number of hydrogen-bond donors (Lipinski definition) is 0. The van der Waals surface area contributed by atoms with Crippen LogP contribution in [-0.2, 0) is 4.79 Å². The summed E-state index contributed by atoms with van der Waals surface area (Å²) >= 11 is 5.01. The van der Waals surface area contributed by atoms with Crippen molar-refractivity contribution < 1.29 is 4.79 Å². The largest absolute Gasteiger partial charge is 0.344 e. The fourth-order valence-electron chi connectivity index (χ4n) is 3.35. The van der Waals surface area contributed by atoms with E-state index >= 15 is 0 Å². The van der Waals surface area contributed by atoms with Gasteiger partial charge in [0.05, 0.1) is 29.2 Å². The Morgan fingerprint density at radius 1 is 1.12 bits per heavy atom. The van der Waals surface area contributed by atoms with Gasteiger partial charge in [-0.2, -0.15) is 5.26 Å². The molecule has 6 heteroatoms. The van der Waals surface area contributed by atoms with Crippen LogP contribution in [0.15, 0.2) is 69.7 Å². The molecule has 0 saturated carbocycles. The first-order chi connectivity index (χ1) is 12.7. The summed E-state index contributed by atoms with van der Waals surface area (Å²) in [6.07, 6.45) is 0.338. The summed E-state index contributed by atoms with van der Waals surface area (Å²) in [6.45, 7) is 0.482. The van der Waals surface area contributed by atoms with Crippen molar-refractivity contribution in [3.05, 3.63) is 75.2 Å². The molecular formula is C20H16BrN3OS. The highest BCUT2D eigenvalue weighted by Gasteiger charge is 2.38. The van der Waals surface area contributed by atoms with Crippen molar-refractivity contribution in [3.63, 3.8) is 0 Å². The Bertz CT molecular complexity index is 905. The number of allylic oxidation sites excluding steroid dienone is 1. The van der Waals surface area contributed by atoms with Gasteiger partial charge in [-0.15, -0.1) is 0 Å². The van der Waals surface area contributed by atoms with Crippen LogP contribution in [0.2, 0.25) is 0 Å². The molecule has 1 atom stereocenters. The van der Waals surface area contributed by atoms with Gasteiger partial charge in [-0.25, -0.2) is 0 Å². The molecule has 0 spiro atoms. The normalized spacial score (nSPS) is 20.0. The summed E-state index contributed by atoms with van der Waals surface area (Å²) in [5, 5.41) is 10.6. The molecule has 130 valence electrons. The second-order valence-corrected chi connectivity index (χ2v) is 8.10. The second kappa shape index (κ2) is 7.18. The molecule has 0 radical (unpaired) electrons. The molecule has 1 unspecified atom stereocenters. The number of nitriles is 1. The van der Waals surface area contributed by atoms with E-state index in [9.17, 15) is 10.1 Å². The number of anilines is 1. The topological polar surface area (TPSA) is 47.3 Å². The third-order valence-corrected chi connectivity index (χ3v) is 6.37. The van der Waals surface area contributed by atoms with Gasteiger partial charge < -0.3 is 4.90 Å². The van der Waals surface area contributed by atoms with Crippen LogP contribution >= 0.6 is 27.7 Å². The Kier molecular flexibility index (Phi) is 4.75. The molecule has 2 aliphatic rings. The van der Waals surface area contributed by atoms with E-state index in [-0.39, 0.29) is 11.8 Å². The van der Waals surface area contributed by atoms with Crippen LogP contribution in [0.5, 0.6) is 0 Å². The number of nitrogens with zero attached hydrogens (tertiary/aromatic N) is 3. The summed E-state index contributed by atoms with van der Waals surface area (Å²) in [5.74, 6) is 0.641. The first-order valence-corrected chi connectivity index (χ1v) is 10.1. The van der Waals surface area contributed by atoms with E-state index in [1.54, 1.807) is 16.7 Å². The average molecular weight is 426 g/mol. The number of halogens is 1. The lowest BCUT2D eigenvalue weighted by atomic mass is 9.86. The maximum atomic E-state index is 12.8.